The molecule has 0 bridgehead atoms. The first-order valence-electron chi connectivity index (χ1n) is 7.89. The van der Waals surface area contributed by atoms with Gasteiger partial charge in [-0.3, -0.25) is 4.90 Å². The molecule has 9 nitrogen and oxygen atoms in total. The van der Waals surface area contributed by atoms with Gasteiger partial charge in [-0.05, 0) is 19.2 Å². The van der Waals surface area contributed by atoms with Crippen molar-refractivity contribution < 1.29 is 13.5 Å². The first-order chi connectivity index (χ1) is 11.8. The zero-order valence-electron chi connectivity index (χ0n) is 13.7. The predicted molar refractivity (Wildman–Crippen MR) is 89.2 cm³/mol. The molecular weight excluding hydrogens is 348 g/mol. The fraction of sp³-hybridized carbons (Fsp3) is 0.467. The van der Waals surface area contributed by atoms with Gasteiger partial charge in [-0.15, -0.1) is 12.4 Å². The molecule has 0 saturated carbocycles. The van der Waals surface area contributed by atoms with Gasteiger partial charge in [0.1, 0.15) is 0 Å². The molecule has 1 atom stereocenters. The van der Waals surface area contributed by atoms with Crippen LogP contribution >= 0.6 is 12.4 Å². The van der Waals surface area contributed by atoms with E-state index < -0.39 is 0 Å². The molecular formula is C15H19ClN6O3. The van der Waals surface area contributed by atoms with Gasteiger partial charge < -0.3 is 18.8 Å². The van der Waals surface area contributed by atoms with Crippen LogP contribution in [-0.4, -0.2) is 51.9 Å². The summed E-state index contributed by atoms with van der Waals surface area (Å²) in [5, 5.41) is 11.3. The number of nitrogens with zero attached hydrogens (tertiary/aromatic N) is 5. The minimum atomic E-state index is 0. The van der Waals surface area contributed by atoms with Gasteiger partial charge in [0.2, 0.25) is 17.6 Å². The van der Waals surface area contributed by atoms with Crippen molar-refractivity contribution in [1.82, 2.24) is 30.5 Å². The van der Waals surface area contributed by atoms with Crippen LogP contribution in [0.2, 0.25) is 0 Å². The molecule has 0 radical (unpaired) electrons. The molecule has 0 spiro atoms. The average molecular weight is 367 g/mol. The number of furan rings is 1. The number of hydrogen-bond donors (Lipinski definition) is 1. The van der Waals surface area contributed by atoms with Crippen LogP contribution in [0.3, 0.4) is 0 Å². The van der Waals surface area contributed by atoms with Crippen molar-refractivity contribution in [3.05, 3.63) is 36.0 Å². The van der Waals surface area contributed by atoms with Crippen molar-refractivity contribution in [2.24, 2.45) is 0 Å². The average Bonchev–Trinajstić information content (AvgIpc) is 3.34. The number of likely N-dealkylation sites (N-methyl/N-ethyl adjacent to an activating group) is 1. The number of nitrogens with one attached hydrogen (secondary N) is 1. The maximum atomic E-state index is 5.34. The van der Waals surface area contributed by atoms with Crippen molar-refractivity contribution in [3.63, 3.8) is 0 Å². The van der Waals surface area contributed by atoms with E-state index in [0.717, 1.165) is 19.6 Å². The standard InChI is InChI=1S/C15H18N6O3.ClH/c1-21-7-6-16-9-10(21)14-17-12(23-19-14)4-5-13-18-15(20-24-13)11-3-2-8-22-11;/h2-3,8,10,16H,4-7,9H2,1H3;1H. The summed E-state index contributed by atoms with van der Waals surface area (Å²) >= 11 is 0. The van der Waals surface area contributed by atoms with Gasteiger partial charge in [0.05, 0.1) is 12.3 Å². The van der Waals surface area contributed by atoms with Crippen LogP contribution in [0.1, 0.15) is 23.6 Å². The van der Waals surface area contributed by atoms with Gasteiger partial charge in [0.15, 0.2) is 11.6 Å². The van der Waals surface area contributed by atoms with E-state index in [1.54, 1.807) is 18.4 Å². The molecule has 0 aliphatic carbocycles. The monoisotopic (exact) mass is 366 g/mol. The SMILES string of the molecule is CN1CCNCC1c1noc(CCc2nc(-c3ccco3)no2)n1.Cl. The molecule has 4 rings (SSSR count). The molecule has 4 heterocycles. The van der Waals surface area contributed by atoms with E-state index in [1.165, 1.54) is 0 Å². The molecule has 1 N–H and O–H groups in total. The molecule has 0 amide bonds. The van der Waals surface area contributed by atoms with E-state index in [1.807, 2.05) is 0 Å². The van der Waals surface area contributed by atoms with E-state index in [0.29, 0.717) is 42.0 Å². The van der Waals surface area contributed by atoms with Crippen molar-refractivity contribution in [1.29, 1.82) is 0 Å². The summed E-state index contributed by atoms with van der Waals surface area (Å²) < 4.78 is 15.8. The molecule has 25 heavy (non-hydrogen) atoms. The van der Waals surface area contributed by atoms with Crippen LogP contribution in [0.25, 0.3) is 11.6 Å². The predicted octanol–water partition coefficient (Wildman–Crippen LogP) is 1.50. The summed E-state index contributed by atoms with van der Waals surface area (Å²) in [6, 6.07) is 3.71. The number of aryl methyl sites for hydroxylation is 2. The van der Waals surface area contributed by atoms with Gasteiger partial charge in [0, 0.05) is 32.5 Å². The summed E-state index contributed by atoms with van der Waals surface area (Å²) in [7, 11) is 2.07. The smallest absolute Gasteiger partial charge is 0.238 e. The van der Waals surface area contributed by atoms with Gasteiger partial charge in [-0.25, -0.2) is 0 Å². The Morgan fingerprint density at radius 1 is 1.20 bits per heavy atom. The minimum absolute atomic E-state index is 0. The normalized spacial score (nSPS) is 18.2. The Kier molecular flexibility index (Phi) is 5.47. The van der Waals surface area contributed by atoms with Crippen molar-refractivity contribution in [3.8, 4) is 11.6 Å². The van der Waals surface area contributed by atoms with Gasteiger partial charge >= 0.3 is 0 Å². The lowest BCUT2D eigenvalue weighted by Gasteiger charge is -2.30. The molecule has 1 aliphatic rings. The van der Waals surface area contributed by atoms with Gasteiger partial charge in [0.25, 0.3) is 0 Å². The number of rotatable bonds is 5. The van der Waals surface area contributed by atoms with E-state index in [4.69, 9.17) is 13.5 Å². The zero-order chi connectivity index (χ0) is 16.4. The van der Waals surface area contributed by atoms with E-state index in [2.05, 4.69) is 37.5 Å². The highest BCUT2D eigenvalue weighted by atomic mass is 35.5. The third-order valence-electron chi connectivity index (χ3n) is 4.06. The van der Waals surface area contributed by atoms with Crippen molar-refractivity contribution >= 4 is 12.4 Å². The highest BCUT2D eigenvalue weighted by Gasteiger charge is 2.25. The lowest BCUT2D eigenvalue weighted by molar-refractivity contribution is 0.190. The van der Waals surface area contributed by atoms with E-state index >= 15 is 0 Å². The second-order valence-electron chi connectivity index (χ2n) is 5.74. The third kappa shape index (κ3) is 3.89. The lowest BCUT2D eigenvalue weighted by Crippen LogP contribution is -2.44. The zero-order valence-corrected chi connectivity index (χ0v) is 14.5. The first-order valence-corrected chi connectivity index (χ1v) is 7.89. The van der Waals surface area contributed by atoms with Crippen LogP contribution < -0.4 is 5.32 Å². The molecule has 1 unspecified atom stereocenters. The van der Waals surface area contributed by atoms with Crippen LogP contribution in [-0.2, 0) is 12.8 Å². The second-order valence-corrected chi connectivity index (χ2v) is 5.74. The Labute approximate surface area is 150 Å². The molecule has 3 aromatic heterocycles. The molecule has 1 fully saturated rings. The lowest BCUT2D eigenvalue weighted by atomic mass is 10.2. The minimum Gasteiger partial charge on any atom is -0.461 e. The molecule has 3 aromatic rings. The quantitative estimate of drug-likeness (QED) is 0.718. The Balaban J connectivity index is 0.00000182. The first kappa shape index (κ1) is 17.6. The highest BCUT2D eigenvalue weighted by Crippen LogP contribution is 2.19. The van der Waals surface area contributed by atoms with Gasteiger partial charge in [-0.1, -0.05) is 10.3 Å². The molecule has 1 aliphatic heterocycles. The summed E-state index contributed by atoms with van der Waals surface area (Å²) in [4.78, 5) is 11.0. The fourth-order valence-corrected chi connectivity index (χ4v) is 2.68. The number of aromatic nitrogens is 4. The van der Waals surface area contributed by atoms with Gasteiger partial charge in [-0.2, -0.15) is 9.97 Å². The van der Waals surface area contributed by atoms with Crippen LogP contribution in [0.5, 0.6) is 0 Å². The van der Waals surface area contributed by atoms with Crippen molar-refractivity contribution in [2.45, 2.75) is 18.9 Å². The molecule has 1 saturated heterocycles. The topological polar surface area (TPSA) is 106 Å². The van der Waals surface area contributed by atoms with Crippen molar-refractivity contribution in [2.75, 3.05) is 26.7 Å². The summed E-state index contributed by atoms with van der Waals surface area (Å²) in [6.07, 6.45) is 2.66. The van der Waals surface area contributed by atoms with Crippen LogP contribution in [0.15, 0.2) is 31.9 Å². The second kappa shape index (κ2) is 7.77. The van der Waals surface area contributed by atoms with E-state index in [-0.39, 0.29) is 18.4 Å². The summed E-state index contributed by atoms with van der Waals surface area (Å²) in [5.41, 5.74) is 0. The third-order valence-corrected chi connectivity index (χ3v) is 4.06. The van der Waals surface area contributed by atoms with E-state index in [9.17, 15) is 0 Å². The summed E-state index contributed by atoms with van der Waals surface area (Å²) in [5.74, 6) is 2.81. The maximum Gasteiger partial charge on any atom is 0.238 e. The highest BCUT2D eigenvalue weighted by molar-refractivity contribution is 5.85. The largest absolute Gasteiger partial charge is 0.461 e. The molecule has 10 heteroatoms. The fourth-order valence-electron chi connectivity index (χ4n) is 2.68. The number of halogens is 1. The Morgan fingerprint density at radius 3 is 2.76 bits per heavy atom. The maximum absolute atomic E-state index is 5.34. The van der Waals surface area contributed by atoms with Crippen LogP contribution in [0, 0.1) is 0 Å². The Morgan fingerprint density at radius 2 is 2.00 bits per heavy atom. The molecule has 134 valence electrons. The van der Waals surface area contributed by atoms with Crippen LogP contribution in [0.4, 0.5) is 0 Å². The molecule has 0 aromatic carbocycles. The number of piperazine rings is 1. The Bertz CT molecular complexity index is 787. The summed E-state index contributed by atoms with van der Waals surface area (Å²) in [6.45, 7) is 2.77. The Hall–Kier alpha value is -2.23. The number of hydrogen-bond acceptors (Lipinski definition) is 9.